The van der Waals surface area contributed by atoms with E-state index in [4.69, 9.17) is 10.5 Å². The van der Waals surface area contributed by atoms with Crippen molar-refractivity contribution < 1.29 is 4.74 Å². The Balaban J connectivity index is 1.81. The first-order valence-electron chi connectivity index (χ1n) is 7.05. The molecule has 108 valence electrons. The molecule has 1 unspecified atom stereocenters. The molecule has 0 bridgehead atoms. The number of aromatic nitrogens is 3. The number of H-pyrrole nitrogens is 1. The molecule has 5 heteroatoms. The standard InChI is InChI=1S/C16H18N4O/c1-2-21-15-9-8-13-16(20-15)19-14(18-13)10-12(17)11-6-4-3-5-7-11/h3-9,12H,2,10,17H2,1H3,(H,18,19,20). The monoisotopic (exact) mass is 282 g/mol. The zero-order chi connectivity index (χ0) is 14.7. The van der Waals surface area contributed by atoms with E-state index >= 15 is 0 Å². The van der Waals surface area contributed by atoms with E-state index in [0.717, 1.165) is 16.9 Å². The Morgan fingerprint density at radius 3 is 2.71 bits per heavy atom. The molecule has 3 rings (SSSR count). The average Bonchev–Trinajstić information content (AvgIpc) is 2.90. The van der Waals surface area contributed by atoms with E-state index < -0.39 is 0 Å². The van der Waals surface area contributed by atoms with Crippen molar-refractivity contribution >= 4 is 11.2 Å². The number of pyridine rings is 1. The molecule has 2 heterocycles. The number of imidazole rings is 1. The van der Waals surface area contributed by atoms with Crippen molar-refractivity contribution in [3.63, 3.8) is 0 Å². The van der Waals surface area contributed by atoms with E-state index in [1.54, 1.807) is 0 Å². The van der Waals surface area contributed by atoms with Gasteiger partial charge in [0, 0.05) is 18.5 Å². The summed E-state index contributed by atoms with van der Waals surface area (Å²) >= 11 is 0. The fourth-order valence-electron chi connectivity index (χ4n) is 2.28. The van der Waals surface area contributed by atoms with Gasteiger partial charge in [-0.2, -0.15) is 4.98 Å². The van der Waals surface area contributed by atoms with Crippen LogP contribution in [-0.2, 0) is 6.42 Å². The van der Waals surface area contributed by atoms with Gasteiger partial charge in [-0.3, -0.25) is 0 Å². The fourth-order valence-corrected chi connectivity index (χ4v) is 2.28. The lowest BCUT2D eigenvalue weighted by Crippen LogP contribution is -2.13. The van der Waals surface area contributed by atoms with Gasteiger partial charge in [-0.1, -0.05) is 30.3 Å². The van der Waals surface area contributed by atoms with E-state index in [2.05, 4.69) is 15.0 Å². The van der Waals surface area contributed by atoms with Crippen LogP contribution < -0.4 is 10.5 Å². The number of nitrogens with two attached hydrogens (primary N) is 1. The summed E-state index contributed by atoms with van der Waals surface area (Å²) in [4.78, 5) is 12.1. The Morgan fingerprint density at radius 2 is 1.95 bits per heavy atom. The van der Waals surface area contributed by atoms with Gasteiger partial charge in [0.2, 0.25) is 5.88 Å². The lowest BCUT2D eigenvalue weighted by Gasteiger charge is -2.09. The molecule has 1 aromatic carbocycles. The number of aromatic amines is 1. The third kappa shape index (κ3) is 3.03. The van der Waals surface area contributed by atoms with Crippen molar-refractivity contribution in [2.24, 2.45) is 5.73 Å². The minimum atomic E-state index is -0.0851. The predicted octanol–water partition coefficient (Wildman–Crippen LogP) is 2.60. The van der Waals surface area contributed by atoms with Crippen LogP contribution in [-0.4, -0.2) is 21.6 Å². The number of hydrogen-bond donors (Lipinski definition) is 2. The maximum atomic E-state index is 6.22. The SMILES string of the molecule is CCOc1ccc2[nH]c(CC(N)c3ccccc3)nc2n1. The van der Waals surface area contributed by atoms with Crippen LogP contribution in [0.1, 0.15) is 24.4 Å². The second kappa shape index (κ2) is 5.93. The summed E-state index contributed by atoms with van der Waals surface area (Å²) in [6, 6.07) is 13.7. The van der Waals surface area contributed by atoms with Crippen LogP contribution in [0.5, 0.6) is 5.88 Å². The highest BCUT2D eigenvalue weighted by molar-refractivity contribution is 5.71. The molecule has 0 amide bonds. The van der Waals surface area contributed by atoms with Crippen molar-refractivity contribution in [2.45, 2.75) is 19.4 Å². The van der Waals surface area contributed by atoms with Gasteiger partial charge in [0.25, 0.3) is 0 Å². The van der Waals surface area contributed by atoms with Gasteiger partial charge in [0.15, 0.2) is 5.65 Å². The molecule has 3 aromatic rings. The number of benzene rings is 1. The van der Waals surface area contributed by atoms with Crippen LogP contribution in [0.2, 0.25) is 0 Å². The molecule has 3 N–H and O–H groups in total. The highest BCUT2D eigenvalue weighted by Gasteiger charge is 2.11. The summed E-state index contributed by atoms with van der Waals surface area (Å²) in [7, 11) is 0. The third-order valence-corrected chi connectivity index (χ3v) is 3.30. The minimum absolute atomic E-state index is 0.0851. The van der Waals surface area contributed by atoms with E-state index in [-0.39, 0.29) is 6.04 Å². The van der Waals surface area contributed by atoms with Crippen LogP contribution >= 0.6 is 0 Å². The molecular weight excluding hydrogens is 264 g/mol. The molecule has 0 radical (unpaired) electrons. The highest BCUT2D eigenvalue weighted by Crippen LogP contribution is 2.18. The molecule has 0 saturated carbocycles. The topological polar surface area (TPSA) is 76.8 Å². The lowest BCUT2D eigenvalue weighted by molar-refractivity contribution is 0.328. The van der Waals surface area contributed by atoms with Gasteiger partial charge in [-0.25, -0.2) is 4.98 Å². The Labute approximate surface area is 123 Å². The number of hydrogen-bond acceptors (Lipinski definition) is 4. The zero-order valence-corrected chi connectivity index (χ0v) is 11.9. The number of rotatable bonds is 5. The van der Waals surface area contributed by atoms with E-state index in [1.807, 2.05) is 49.4 Å². The van der Waals surface area contributed by atoms with Crippen LogP contribution in [0.15, 0.2) is 42.5 Å². The fraction of sp³-hybridized carbons (Fsp3) is 0.250. The molecule has 0 aliphatic carbocycles. The van der Waals surface area contributed by atoms with Crippen LogP contribution in [0.4, 0.5) is 0 Å². The highest BCUT2D eigenvalue weighted by atomic mass is 16.5. The largest absolute Gasteiger partial charge is 0.478 e. The Hall–Kier alpha value is -2.40. The van der Waals surface area contributed by atoms with Crippen molar-refractivity contribution in [1.82, 2.24) is 15.0 Å². The van der Waals surface area contributed by atoms with Crippen LogP contribution in [0.25, 0.3) is 11.2 Å². The van der Waals surface area contributed by atoms with Gasteiger partial charge >= 0.3 is 0 Å². The molecule has 0 aliphatic rings. The van der Waals surface area contributed by atoms with Crippen molar-refractivity contribution in [3.05, 3.63) is 53.9 Å². The Kier molecular flexibility index (Phi) is 3.83. The summed E-state index contributed by atoms with van der Waals surface area (Å²) < 4.78 is 5.38. The summed E-state index contributed by atoms with van der Waals surface area (Å²) in [5.74, 6) is 1.43. The van der Waals surface area contributed by atoms with Gasteiger partial charge < -0.3 is 15.5 Å². The summed E-state index contributed by atoms with van der Waals surface area (Å²) in [6.45, 7) is 2.52. The lowest BCUT2D eigenvalue weighted by atomic mass is 10.0. The third-order valence-electron chi connectivity index (χ3n) is 3.30. The summed E-state index contributed by atoms with van der Waals surface area (Å²) in [5.41, 5.74) is 8.88. The van der Waals surface area contributed by atoms with E-state index in [9.17, 15) is 0 Å². The number of fused-ring (bicyclic) bond motifs is 1. The molecule has 1 atom stereocenters. The number of ether oxygens (including phenoxy) is 1. The van der Waals surface area contributed by atoms with Gasteiger partial charge in [0.05, 0.1) is 12.1 Å². The molecular formula is C16H18N4O. The number of nitrogens with one attached hydrogen (secondary N) is 1. The second-order valence-electron chi connectivity index (χ2n) is 4.86. The van der Waals surface area contributed by atoms with Gasteiger partial charge in [0.1, 0.15) is 5.82 Å². The molecule has 2 aromatic heterocycles. The smallest absolute Gasteiger partial charge is 0.215 e. The molecule has 21 heavy (non-hydrogen) atoms. The number of nitrogens with zero attached hydrogens (tertiary/aromatic N) is 2. The summed E-state index contributed by atoms with van der Waals surface area (Å²) in [6.07, 6.45) is 0.643. The predicted molar refractivity (Wildman–Crippen MR) is 82.1 cm³/mol. The molecule has 0 spiro atoms. The van der Waals surface area contributed by atoms with E-state index in [1.165, 1.54) is 0 Å². The van der Waals surface area contributed by atoms with Crippen molar-refractivity contribution in [1.29, 1.82) is 0 Å². The van der Waals surface area contributed by atoms with Crippen molar-refractivity contribution in [2.75, 3.05) is 6.61 Å². The Bertz CT molecular complexity index is 723. The molecule has 5 nitrogen and oxygen atoms in total. The minimum Gasteiger partial charge on any atom is -0.478 e. The summed E-state index contributed by atoms with van der Waals surface area (Å²) in [5, 5.41) is 0. The van der Waals surface area contributed by atoms with Gasteiger partial charge in [-0.05, 0) is 18.6 Å². The quantitative estimate of drug-likeness (QED) is 0.754. The maximum Gasteiger partial charge on any atom is 0.215 e. The second-order valence-corrected chi connectivity index (χ2v) is 4.86. The zero-order valence-electron chi connectivity index (χ0n) is 11.9. The van der Waals surface area contributed by atoms with Crippen LogP contribution in [0, 0.1) is 0 Å². The van der Waals surface area contributed by atoms with E-state index in [0.29, 0.717) is 24.6 Å². The maximum absolute atomic E-state index is 6.22. The van der Waals surface area contributed by atoms with Gasteiger partial charge in [-0.15, -0.1) is 0 Å². The van der Waals surface area contributed by atoms with Crippen LogP contribution in [0.3, 0.4) is 0 Å². The molecule has 0 aliphatic heterocycles. The first kappa shape index (κ1) is 13.6. The Morgan fingerprint density at radius 1 is 1.14 bits per heavy atom. The first-order chi connectivity index (χ1) is 10.3. The van der Waals surface area contributed by atoms with Crippen molar-refractivity contribution in [3.8, 4) is 5.88 Å². The molecule has 0 fully saturated rings. The normalized spacial score (nSPS) is 12.5. The first-order valence-corrected chi connectivity index (χ1v) is 7.05. The molecule has 0 saturated heterocycles. The average molecular weight is 282 g/mol.